The highest BCUT2D eigenvalue weighted by atomic mass is 35.5. The molecule has 8 heteroatoms. The molecule has 0 unspecified atom stereocenters. The third-order valence-corrected chi connectivity index (χ3v) is 5.74. The van der Waals surface area contributed by atoms with E-state index in [2.05, 4.69) is 10.1 Å². The van der Waals surface area contributed by atoms with Crippen LogP contribution in [0.4, 0.5) is 0 Å². The fourth-order valence-corrected chi connectivity index (χ4v) is 4.06. The van der Waals surface area contributed by atoms with Crippen molar-refractivity contribution >= 4 is 40.1 Å². The fourth-order valence-electron chi connectivity index (χ4n) is 3.79. The maximum atomic E-state index is 12.9. The number of amides is 1. The van der Waals surface area contributed by atoms with Crippen LogP contribution in [0.5, 0.6) is 5.75 Å². The zero-order valence-electron chi connectivity index (χ0n) is 17.7. The van der Waals surface area contributed by atoms with Crippen molar-refractivity contribution in [3.8, 4) is 5.75 Å². The van der Waals surface area contributed by atoms with E-state index in [1.807, 2.05) is 55.5 Å². The number of aromatic nitrogens is 1. The Hall–Kier alpha value is -3.45. The van der Waals surface area contributed by atoms with Gasteiger partial charge in [-0.05, 0) is 36.8 Å². The molecule has 0 spiro atoms. The van der Waals surface area contributed by atoms with Gasteiger partial charge < -0.3 is 9.84 Å². The molecule has 2 aromatic carbocycles. The molecule has 1 aliphatic rings. The van der Waals surface area contributed by atoms with Gasteiger partial charge in [0.15, 0.2) is 0 Å². The average Bonchev–Trinajstić information content (AvgIpc) is 3.22. The second-order valence-electron chi connectivity index (χ2n) is 7.70. The number of halogens is 1. The van der Waals surface area contributed by atoms with Crippen molar-refractivity contribution in [3.05, 3.63) is 70.4 Å². The first-order valence-electron chi connectivity index (χ1n) is 10.2. The van der Waals surface area contributed by atoms with Gasteiger partial charge in [-0.3, -0.25) is 9.59 Å². The molecule has 0 fully saturated rings. The van der Waals surface area contributed by atoms with Gasteiger partial charge >= 0.3 is 5.97 Å². The Morgan fingerprint density at radius 1 is 1.19 bits per heavy atom. The van der Waals surface area contributed by atoms with Crippen molar-refractivity contribution in [2.45, 2.75) is 32.2 Å². The zero-order valence-corrected chi connectivity index (χ0v) is 18.5. The second-order valence-corrected chi connectivity index (χ2v) is 8.05. The molecule has 1 atom stereocenters. The number of aliphatic carboxylic acids is 1. The number of hydrazone groups is 1. The van der Waals surface area contributed by atoms with Crippen LogP contribution in [0, 0.1) is 6.92 Å². The first-order chi connectivity index (χ1) is 15.4. The molecule has 164 valence electrons. The van der Waals surface area contributed by atoms with Gasteiger partial charge in [-0.25, -0.2) is 9.99 Å². The molecule has 4 rings (SSSR count). The SMILES string of the molecule is COc1cccc(C2=NN(C(=O)CCC(=O)O)[C@@H](c3cc4ccc(C)cc4nc3Cl)C2)c1. The van der Waals surface area contributed by atoms with Gasteiger partial charge in [-0.15, -0.1) is 0 Å². The molecule has 32 heavy (non-hydrogen) atoms. The lowest BCUT2D eigenvalue weighted by atomic mass is 9.98. The van der Waals surface area contributed by atoms with Crippen molar-refractivity contribution in [3.63, 3.8) is 0 Å². The number of carbonyl (C=O) groups excluding carboxylic acids is 1. The summed E-state index contributed by atoms with van der Waals surface area (Å²) in [5.74, 6) is -0.736. The molecule has 7 nitrogen and oxygen atoms in total. The predicted octanol–water partition coefficient (Wildman–Crippen LogP) is 4.75. The molecule has 0 saturated heterocycles. The maximum absolute atomic E-state index is 12.9. The number of nitrogens with zero attached hydrogens (tertiary/aromatic N) is 3. The monoisotopic (exact) mass is 451 g/mol. The van der Waals surface area contributed by atoms with Crippen molar-refractivity contribution < 1.29 is 19.4 Å². The van der Waals surface area contributed by atoms with E-state index in [9.17, 15) is 9.59 Å². The van der Waals surface area contributed by atoms with E-state index < -0.39 is 12.0 Å². The number of hydrogen-bond acceptors (Lipinski definition) is 5. The number of hydrogen-bond donors (Lipinski definition) is 1. The van der Waals surface area contributed by atoms with Gasteiger partial charge in [0.05, 0.1) is 30.8 Å². The summed E-state index contributed by atoms with van der Waals surface area (Å²) in [6.45, 7) is 1.98. The first kappa shape index (κ1) is 21.8. The summed E-state index contributed by atoms with van der Waals surface area (Å²) < 4.78 is 5.31. The fraction of sp³-hybridized carbons (Fsp3) is 0.250. The molecular weight excluding hydrogens is 430 g/mol. The van der Waals surface area contributed by atoms with Gasteiger partial charge in [0.1, 0.15) is 10.9 Å². The van der Waals surface area contributed by atoms with Crippen LogP contribution in [0.2, 0.25) is 5.15 Å². The number of carbonyl (C=O) groups is 2. The lowest BCUT2D eigenvalue weighted by Gasteiger charge is -2.23. The quantitative estimate of drug-likeness (QED) is 0.546. The van der Waals surface area contributed by atoms with E-state index in [0.717, 1.165) is 22.0 Å². The van der Waals surface area contributed by atoms with Gasteiger partial charge in [-0.1, -0.05) is 35.9 Å². The van der Waals surface area contributed by atoms with Crippen molar-refractivity contribution in [2.24, 2.45) is 5.10 Å². The highest BCUT2D eigenvalue weighted by Gasteiger charge is 2.35. The number of fused-ring (bicyclic) bond motifs is 1. The number of carboxylic acid groups (broad SMARTS) is 1. The minimum atomic E-state index is -1.04. The highest BCUT2D eigenvalue weighted by Crippen LogP contribution is 2.38. The number of benzene rings is 2. The van der Waals surface area contributed by atoms with Crippen molar-refractivity contribution in [2.75, 3.05) is 7.11 Å². The van der Waals surface area contributed by atoms with E-state index in [1.165, 1.54) is 5.01 Å². The van der Waals surface area contributed by atoms with Crippen LogP contribution in [0.15, 0.2) is 53.6 Å². The summed E-state index contributed by atoms with van der Waals surface area (Å²) in [4.78, 5) is 28.5. The van der Waals surface area contributed by atoms with Crippen LogP contribution in [0.1, 0.15) is 42.0 Å². The Bertz CT molecular complexity index is 1240. The van der Waals surface area contributed by atoms with Crippen LogP contribution in [0.3, 0.4) is 0 Å². The van der Waals surface area contributed by atoms with Crippen molar-refractivity contribution in [1.82, 2.24) is 9.99 Å². The molecule has 0 saturated carbocycles. The topological polar surface area (TPSA) is 92.1 Å². The summed E-state index contributed by atoms with van der Waals surface area (Å²) in [6.07, 6.45) is -0.00165. The molecule has 1 aromatic heterocycles. The summed E-state index contributed by atoms with van der Waals surface area (Å²) in [5.41, 5.74) is 4.03. The average molecular weight is 452 g/mol. The molecule has 0 bridgehead atoms. The predicted molar refractivity (Wildman–Crippen MR) is 122 cm³/mol. The molecule has 0 radical (unpaired) electrons. The summed E-state index contributed by atoms with van der Waals surface area (Å²) in [6, 6.07) is 14.8. The van der Waals surface area contributed by atoms with Gasteiger partial charge in [0.25, 0.3) is 0 Å². The third-order valence-electron chi connectivity index (χ3n) is 5.43. The molecule has 3 aromatic rings. The van der Waals surface area contributed by atoms with Crippen molar-refractivity contribution in [1.29, 1.82) is 0 Å². The Balaban J connectivity index is 1.74. The van der Waals surface area contributed by atoms with Gasteiger partial charge in [0, 0.05) is 29.4 Å². The minimum Gasteiger partial charge on any atom is -0.497 e. The van der Waals surface area contributed by atoms with Crippen LogP contribution in [-0.2, 0) is 9.59 Å². The number of pyridine rings is 1. The Morgan fingerprint density at radius 3 is 2.75 bits per heavy atom. The lowest BCUT2D eigenvalue weighted by molar-refractivity contribution is -0.141. The molecular formula is C24H22ClN3O4. The Labute approximate surface area is 190 Å². The van der Waals surface area contributed by atoms with Crippen LogP contribution in [-0.4, -0.2) is 39.8 Å². The van der Waals surface area contributed by atoms with Gasteiger partial charge in [0.2, 0.25) is 5.91 Å². The highest BCUT2D eigenvalue weighted by molar-refractivity contribution is 6.30. The van der Waals surface area contributed by atoms with Gasteiger partial charge in [-0.2, -0.15) is 5.10 Å². The summed E-state index contributed by atoms with van der Waals surface area (Å²) >= 11 is 6.56. The minimum absolute atomic E-state index is 0.154. The largest absolute Gasteiger partial charge is 0.497 e. The second kappa shape index (κ2) is 8.96. The molecule has 0 aliphatic carbocycles. The first-order valence-corrected chi connectivity index (χ1v) is 10.6. The summed E-state index contributed by atoms with van der Waals surface area (Å²) in [7, 11) is 1.59. The number of ether oxygens (including phenoxy) is 1. The number of methoxy groups -OCH3 is 1. The van der Waals surface area contributed by atoms with Crippen LogP contribution < -0.4 is 4.74 Å². The molecule has 1 N–H and O–H groups in total. The normalized spacial score (nSPS) is 15.7. The number of aryl methyl sites for hydroxylation is 1. The molecule has 1 aliphatic heterocycles. The van der Waals surface area contributed by atoms with E-state index in [4.69, 9.17) is 21.4 Å². The maximum Gasteiger partial charge on any atom is 0.303 e. The Kier molecular flexibility index (Phi) is 6.10. The Morgan fingerprint density at radius 2 is 2.00 bits per heavy atom. The van der Waals surface area contributed by atoms with Crippen LogP contribution >= 0.6 is 11.6 Å². The number of carboxylic acids is 1. The number of rotatable bonds is 6. The van der Waals surface area contributed by atoms with E-state index in [-0.39, 0.29) is 18.7 Å². The lowest BCUT2D eigenvalue weighted by Crippen LogP contribution is -2.27. The standard InChI is InChI=1S/C24H22ClN3O4/c1-14-6-7-16-12-18(24(25)26-19(16)10-14)21-13-20(15-4-3-5-17(11-15)32-2)27-28(21)22(29)8-9-23(30)31/h3-7,10-12,21H,8-9,13H2,1-2H3,(H,30,31)/t21-/m1/s1. The molecule has 1 amide bonds. The third kappa shape index (κ3) is 4.43. The van der Waals surface area contributed by atoms with E-state index >= 15 is 0 Å². The van der Waals surface area contributed by atoms with E-state index in [1.54, 1.807) is 7.11 Å². The van der Waals surface area contributed by atoms with E-state index in [0.29, 0.717) is 28.6 Å². The summed E-state index contributed by atoms with van der Waals surface area (Å²) in [5, 5.41) is 16.1. The van der Waals surface area contributed by atoms with Crippen LogP contribution in [0.25, 0.3) is 10.9 Å². The molecule has 2 heterocycles. The zero-order chi connectivity index (χ0) is 22.8. The smallest absolute Gasteiger partial charge is 0.303 e.